The van der Waals surface area contributed by atoms with E-state index in [9.17, 15) is 18.8 Å². The summed E-state index contributed by atoms with van der Waals surface area (Å²) in [4.78, 5) is 37.7. The van der Waals surface area contributed by atoms with Crippen molar-refractivity contribution in [3.05, 3.63) is 35.9 Å². The maximum atomic E-state index is 13.1. The highest BCUT2D eigenvalue weighted by Gasteiger charge is 2.35. The molecule has 0 radical (unpaired) electrons. The number of alkyl halides is 1. The smallest absolute Gasteiger partial charge is 0.410 e. The first-order valence-electron chi connectivity index (χ1n) is 8.03. The molecule has 0 aliphatic carbocycles. The van der Waals surface area contributed by atoms with Gasteiger partial charge in [0, 0.05) is 26.1 Å². The second-order valence-corrected chi connectivity index (χ2v) is 5.83. The third kappa shape index (κ3) is 4.91. The molecule has 2 atom stereocenters. The molecule has 1 aliphatic rings. The normalized spacial score (nSPS) is 18.8. The minimum absolute atomic E-state index is 0.00351. The van der Waals surface area contributed by atoms with E-state index in [0.29, 0.717) is 0 Å². The predicted molar refractivity (Wildman–Crippen MR) is 86.5 cm³/mol. The molecule has 1 aromatic carbocycles. The van der Waals surface area contributed by atoms with Gasteiger partial charge in [-0.1, -0.05) is 30.3 Å². The molecule has 0 saturated carbocycles. The van der Waals surface area contributed by atoms with Gasteiger partial charge in [0.05, 0.1) is 0 Å². The highest BCUT2D eigenvalue weighted by molar-refractivity contribution is 5.86. The summed E-state index contributed by atoms with van der Waals surface area (Å²) in [6, 6.07) is 8.45. The van der Waals surface area contributed by atoms with Crippen molar-refractivity contribution in [2.75, 3.05) is 19.6 Å². The molecule has 2 amide bonds. The van der Waals surface area contributed by atoms with Gasteiger partial charge in [-0.2, -0.15) is 0 Å². The molecule has 1 saturated heterocycles. The average molecular weight is 352 g/mol. The number of hydrogen-bond acceptors (Lipinski definition) is 4. The number of carboxylic acid groups (broad SMARTS) is 1. The lowest BCUT2D eigenvalue weighted by atomic mass is 10.1. The Labute approximate surface area is 145 Å². The number of nitrogens with zero attached hydrogens (tertiary/aromatic N) is 2. The second kappa shape index (κ2) is 8.46. The van der Waals surface area contributed by atoms with Gasteiger partial charge < -0.3 is 14.7 Å². The summed E-state index contributed by atoms with van der Waals surface area (Å²) in [5.41, 5.74) is 0.844. The SMILES string of the molecule is CC1C(=O)N(CCC(F)C(=O)O)CCN1C(=O)OCc1ccccc1. The Morgan fingerprint density at radius 3 is 2.64 bits per heavy atom. The van der Waals surface area contributed by atoms with Gasteiger partial charge >= 0.3 is 12.1 Å². The highest BCUT2D eigenvalue weighted by atomic mass is 19.1. The van der Waals surface area contributed by atoms with Crippen molar-refractivity contribution in [1.82, 2.24) is 9.80 Å². The second-order valence-electron chi connectivity index (χ2n) is 5.83. The molecular formula is C17H21FN2O5. The number of hydrogen-bond donors (Lipinski definition) is 1. The van der Waals surface area contributed by atoms with Gasteiger partial charge in [-0.3, -0.25) is 9.69 Å². The van der Waals surface area contributed by atoms with Crippen LogP contribution in [-0.2, 0) is 20.9 Å². The largest absolute Gasteiger partial charge is 0.479 e. The predicted octanol–water partition coefficient (Wildman–Crippen LogP) is 1.67. The third-order valence-corrected chi connectivity index (χ3v) is 4.11. The zero-order chi connectivity index (χ0) is 18.4. The Morgan fingerprint density at radius 1 is 1.32 bits per heavy atom. The molecule has 2 unspecified atom stereocenters. The van der Waals surface area contributed by atoms with Crippen LogP contribution in [0.15, 0.2) is 30.3 Å². The van der Waals surface area contributed by atoms with E-state index in [4.69, 9.17) is 9.84 Å². The van der Waals surface area contributed by atoms with Gasteiger partial charge in [-0.05, 0) is 12.5 Å². The Bertz CT molecular complexity index is 625. The van der Waals surface area contributed by atoms with E-state index in [-0.39, 0.29) is 38.6 Å². The number of rotatable bonds is 6. The molecule has 1 aromatic rings. The number of aliphatic carboxylic acids is 1. The maximum absolute atomic E-state index is 13.1. The van der Waals surface area contributed by atoms with Crippen molar-refractivity contribution >= 4 is 18.0 Å². The van der Waals surface area contributed by atoms with Crippen LogP contribution in [-0.4, -0.2) is 64.7 Å². The van der Waals surface area contributed by atoms with Gasteiger partial charge in [-0.25, -0.2) is 14.0 Å². The van der Waals surface area contributed by atoms with E-state index < -0.39 is 24.3 Å². The van der Waals surface area contributed by atoms with Crippen LogP contribution in [0.2, 0.25) is 0 Å². The van der Waals surface area contributed by atoms with Gasteiger partial charge in [0.2, 0.25) is 5.91 Å². The lowest BCUT2D eigenvalue weighted by Crippen LogP contribution is -2.57. The van der Waals surface area contributed by atoms with Crippen molar-refractivity contribution in [2.24, 2.45) is 0 Å². The van der Waals surface area contributed by atoms with Gasteiger partial charge in [0.1, 0.15) is 12.6 Å². The molecule has 0 aromatic heterocycles. The Kier molecular flexibility index (Phi) is 6.32. The summed E-state index contributed by atoms with van der Waals surface area (Å²) in [6.07, 6.45) is -2.86. The van der Waals surface area contributed by atoms with Crippen LogP contribution < -0.4 is 0 Å². The number of ether oxygens (including phenoxy) is 1. The molecule has 8 heteroatoms. The van der Waals surface area contributed by atoms with Crippen LogP contribution in [0.3, 0.4) is 0 Å². The summed E-state index contributed by atoms with van der Waals surface area (Å²) in [7, 11) is 0. The summed E-state index contributed by atoms with van der Waals surface area (Å²) in [5.74, 6) is -1.89. The molecule has 136 valence electrons. The molecule has 1 fully saturated rings. The highest BCUT2D eigenvalue weighted by Crippen LogP contribution is 2.15. The van der Waals surface area contributed by atoms with E-state index in [1.54, 1.807) is 6.92 Å². The fourth-order valence-electron chi connectivity index (χ4n) is 2.60. The topological polar surface area (TPSA) is 87.2 Å². The first kappa shape index (κ1) is 18.7. The number of carboxylic acids is 1. The van der Waals surface area contributed by atoms with Crippen LogP contribution in [0, 0.1) is 0 Å². The molecule has 1 N–H and O–H groups in total. The van der Waals surface area contributed by atoms with Gasteiger partial charge in [-0.15, -0.1) is 0 Å². The van der Waals surface area contributed by atoms with E-state index >= 15 is 0 Å². The summed E-state index contributed by atoms with van der Waals surface area (Å²) < 4.78 is 18.4. The van der Waals surface area contributed by atoms with Crippen molar-refractivity contribution in [3.8, 4) is 0 Å². The van der Waals surface area contributed by atoms with Crippen LogP contribution in [0.5, 0.6) is 0 Å². The van der Waals surface area contributed by atoms with Crippen molar-refractivity contribution in [1.29, 1.82) is 0 Å². The van der Waals surface area contributed by atoms with E-state index in [1.807, 2.05) is 30.3 Å². The molecule has 0 bridgehead atoms. The molecule has 7 nitrogen and oxygen atoms in total. The lowest BCUT2D eigenvalue weighted by Gasteiger charge is -2.38. The molecule has 1 heterocycles. The Balaban J connectivity index is 1.85. The van der Waals surface area contributed by atoms with Gasteiger partial charge in [0.15, 0.2) is 6.17 Å². The number of piperazine rings is 1. The van der Waals surface area contributed by atoms with E-state index in [0.717, 1.165) is 5.56 Å². The number of amides is 2. The maximum Gasteiger partial charge on any atom is 0.410 e. The average Bonchev–Trinajstić information content (AvgIpc) is 2.61. The molecule has 2 rings (SSSR count). The summed E-state index contributed by atoms with van der Waals surface area (Å²) in [5, 5.41) is 8.55. The fourth-order valence-corrected chi connectivity index (χ4v) is 2.60. The molecule has 0 spiro atoms. The summed E-state index contributed by atoms with van der Waals surface area (Å²) in [6.45, 7) is 2.16. The van der Waals surface area contributed by atoms with Crippen molar-refractivity contribution in [2.45, 2.75) is 32.2 Å². The summed E-state index contributed by atoms with van der Waals surface area (Å²) >= 11 is 0. The van der Waals surface area contributed by atoms with Gasteiger partial charge in [0.25, 0.3) is 0 Å². The van der Waals surface area contributed by atoms with E-state index in [1.165, 1.54) is 9.80 Å². The molecular weight excluding hydrogens is 331 g/mol. The number of carbonyl (C=O) groups is 3. The zero-order valence-corrected chi connectivity index (χ0v) is 13.9. The monoisotopic (exact) mass is 352 g/mol. The Morgan fingerprint density at radius 2 is 2.00 bits per heavy atom. The first-order valence-corrected chi connectivity index (χ1v) is 8.03. The van der Waals surface area contributed by atoms with Crippen LogP contribution in [0.25, 0.3) is 0 Å². The minimum atomic E-state index is -2.00. The molecule has 1 aliphatic heterocycles. The van der Waals surface area contributed by atoms with Crippen LogP contribution in [0.4, 0.5) is 9.18 Å². The van der Waals surface area contributed by atoms with Crippen LogP contribution >= 0.6 is 0 Å². The lowest BCUT2D eigenvalue weighted by molar-refractivity contribution is -0.145. The third-order valence-electron chi connectivity index (χ3n) is 4.11. The first-order chi connectivity index (χ1) is 11.9. The van der Waals surface area contributed by atoms with Crippen molar-refractivity contribution in [3.63, 3.8) is 0 Å². The molecule has 25 heavy (non-hydrogen) atoms. The number of carbonyl (C=O) groups excluding carboxylic acids is 2. The number of halogens is 1. The zero-order valence-electron chi connectivity index (χ0n) is 13.9. The minimum Gasteiger partial charge on any atom is -0.479 e. The van der Waals surface area contributed by atoms with Crippen molar-refractivity contribution < 1.29 is 28.6 Å². The quantitative estimate of drug-likeness (QED) is 0.841. The van der Waals surface area contributed by atoms with Crippen LogP contribution in [0.1, 0.15) is 18.9 Å². The van der Waals surface area contributed by atoms with E-state index in [2.05, 4.69) is 0 Å². The number of benzene rings is 1. The fraction of sp³-hybridized carbons (Fsp3) is 0.471. The Hall–Kier alpha value is -2.64. The standard InChI is InChI=1S/C17H21FN2O5/c1-12-15(21)19(8-7-14(18)16(22)23)9-10-20(12)17(24)25-11-13-5-3-2-4-6-13/h2-6,12,14H,7-11H2,1H3,(H,22,23).